The van der Waals surface area contributed by atoms with Crippen LogP contribution in [-0.4, -0.2) is 22.9 Å². The fraction of sp³-hybridized carbons (Fsp3) is 0.0769. The SMILES string of the molecule is CN(C(=O)c1ncccc1Br)c1cc(C#N)ccn1. The van der Waals surface area contributed by atoms with Crippen molar-refractivity contribution in [2.75, 3.05) is 11.9 Å². The molecule has 0 saturated carbocycles. The first-order valence-corrected chi connectivity index (χ1v) is 6.17. The molecule has 0 atom stereocenters. The average Bonchev–Trinajstić information content (AvgIpc) is 2.46. The van der Waals surface area contributed by atoms with Crippen molar-refractivity contribution in [3.05, 3.63) is 52.4 Å². The number of hydrogen-bond acceptors (Lipinski definition) is 4. The van der Waals surface area contributed by atoms with Crippen molar-refractivity contribution in [3.8, 4) is 6.07 Å². The molecule has 94 valence electrons. The van der Waals surface area contributed by atoms with Crippen molar-refractivity contribution < 1.29 is 4.79 Å². The van der Waals surface area contributed by atoms with Crippen molar-refractivity contribution in [2.24, 2.45) is 0 Å². The highest BCUT2D eigenvalue weighted by Crippen LogP contribution is 2.18. The van der Waals surface area contributed by atoms with Gasteiger partial charge in [-0.2, -0.15) is 5.26 Å². The summed E-state index contributed by atoms with van der Waals surface area (Å²) in [5.74, 6) is 0.108. The van der Waals surface area contributed by atoms with Gasteiger partial charge in [0.05, 0.1) is 11.6 Å². The molecule has 19 heavy (non-hydrogen) atoms. The Kier molecular flexibility index (Phi) is 3.88. The second kappa shape index (κ2) is 5.59. The summed E-state index contributed by atoms with van der Waals surface area (Å²) in [7, 11) is 1.59. The van der Waals surface area contributed by atoms with Gasteiger partial charge in [-0.1, -0.05) is 0 Å². The van der Waals surface area contributed by atoms with E-state index in [4.69, 9.17) is 5.26 Å². The number of rotatable bonds is 2. The molecule has 0 unspecified atom stereocenters. The topological polar surface area (TPSA) is 69.9 Å². The molecular weight excluding hydrogens is 308 g/mol. The number of anilines is 1. The second-order valence-electron chi connectivity index (χ2n) is 3.71. The van der Waals surface area contributed by atoms with Gasteiger partial charge in [-0.3, -0.25) is 9.69 Å². The van der Waals surface area contributed by atoms with Gasteiger partial charge in [-0.25, -0.2) is 9.97 Å². The second-order valence-corrected chi connectivity index (χ2v) is 4.57. The van der Waals surface area contributed by atoms with Gasteiger partial charge in [0.25, 0.3) is 5.91 Å². The Hall–Kier alpha value is -2.26. The lowest BCUT2D eigenvalue weighted by Gasteiger charge is -2.16. The summed E-state index contributed by atoms with van der Waals surface area (Å²) < 4.78 is 0.614. The molecule has 0 N–H and O–H groups in total. The van der Waals surface area contributed by atoms with Crippen LogP contribution in [0.25, 0.3) is 0 Å². The van der Waals surface area contributed by atoms with Crippen LogP contribution in [0.15, 0.2) is 41.1 Å². The third kappa shape index (κ3) is 2.77. The summed E-state index contributed by atoms with van der Waals surface area (Å²) in [5, 5.41) is 8.84. The fourth-order valence-corrected chi connectivity index (χ4v) is 1.90. The van der Waals surface area contributed by atoms with Crippen molar-refractivity contribution in [1.82, 2.24) is 9.97 Å². The quantitative estimate of drug-likeness (QED) is 0.853. The highest BCUT2D eigenvalue weighted by molar-refractivity contribution is 9.10. The fourth-order valence-electron chi connectivity index (χ4n) is 1.48. The standard InChI is InChI=1S/C13H9BrN4O/c1-18(11-7-9(8-15)4-6-16-11)13(19)12-10(14)3-2-5-17-12/h2-7H,1H3. The Balaban J connectivity index is 2.34. The van der Waals surface area contributed by atoms with E-state index in [1.54, 1.807) is 37.5 Å². The summed E-state index contributed by atoms with van der Waals surface area (Å²) in [6.07, 6.45) is 3.04. The Labute approximate surface area is 118 Å². The van der Waals surface area contributed by atoms with Crippen LogP contribution < -0.4 is 4.90 Å². The van der Waals surface area contributed by atoms with Gasteiger partial charge in [0.1, 0.15) is 11.5 Å². The molecule has 0 radical (unpaired) electrons. The van der Waals surface area contributed by atoms with Crippen molar-refractivity contribution in [1.29, 1.82) is 5.26 Å². The van der Waals surface area contributed by atoms with Gasteiger partial charge in [0, 0.05) is 23.9 Å². The molecule has 2 aromatic rings. The zero-order valence-electron chi connectivity index (χ0n) is 10.0. The van der Waals surface area contributed by atoms with Crippen LogP contribution in [0, 0.1) is 11.3 Å². The molecule has 0 aliphatic carbocycles. The molecule has 2 rings (SSSR count). The van der Waals surface area contributed by atoms with E-state index >= 15 is 0 Å². The minimum absolute atomic E-state index is 0.296. The number of hydrogen-bond donors (Lipinski definition) is 0. The van der Waals surface area contributed by atoms with Gasteiger partial charge in [0.2, 0.25) is 0 Å². The highest BCUT2D eigenvalue weighted by atomic mass is 79.9. The van der Waals surface area contributed by atoms with Gasteiger partial charge in [-0.15, -0.1) is 0 Å². The van der Waals surface area contributed by atoms with Crippen molar-refractivity contribution in [2.45, 2.75) is 0 Å². The zero-order chi connectivity index (χ0) is 13.8. The molecule has 2 heterocycles. The first kappa shape index (κ1) is 13.2. The molecule has 2 aromatic heterocycles. The largest absolute Gasteiger partial charge is 0.294 e. The summed E-state index contributed by atoms with van der Waals surface area (Å²) in [5.41, 5.74) is 0.749. The lowest BCUT2D eigenvalue weighted by atomic mass is 10.2. The smallest absolute Gasteiger partial charge is 0.278 e. The lowest BCUT2D eigenvalue weighted by molar-refractivity contribution is 0.0987. The maximum atomic E-state index is 12.3. The Morgan fingerprint density at radius 3 is 2.84 bits per heavy atom. The molecule has 1 amide bonds. The summed E-state index contributed by atoms with van der Waals surface area (Å²) >= 11 is 3.28. The monoisotopic (exact) mass is 316 g/mol. The van der Waals surface area contributed by atoms with Crippen LogP contribution in [0.3, 0.4) is 0 Å². The lowest BCUT2D eigenvalue weighted by Crippen LogP contribution is -2.28. The van der Waals surface area contributed by atoms with E-state index in [0.29, 0.717) is 21.5 Å². The number of carbonyl (C=O) groups excluding carboxylic acids is 1. The Bertz CT molecular complexity index is 666. The maximum absolute atomic E-state index is 12.3. The van der Waals surface area contributed by atoms with Crippen molar-refractivity contribution in [3.63, 3.8) is 0 Å². The van der Waals surface area contributed by atoms with E-state index in [9.17, 15) is 4.79 Å². The van der Waals surface area contributed by atoms with Crippen LogP contribution in [0.1, 0.15) is 16.1 Å². The normalized spacial score (nSPS) is 9.74. The zero-order valence-corrected chi connectivity index (χ0v) is 11.6. The molecule has 0 bridgehead atoms. The summed E-state index contributed by atoms with van der Waals surface area (Å²) in [4.78, 5) is 21.7. The summed E-state index contributed by atoms with van der Waals surface area (Å²) in [6, 6.07) is 8.62. The molecule has 0 saturated heterocycles. The van der Waals surface area contributed by atoms with E-state index in [0.717, 1.165) is 0 Å². The molecule has 5 nitrogen and oxygen atoms in total. The predicted octanol–water partition coefficient (Wildman–Crippen LogP) is 2.39. The first-order chi connectivity index (χ1) is 9.13. The summed E-state index contributed by atoms with van der Waals surface area (Å²) in [6.45, 7) is 0. The molecular formula is C13H9BrN4O. The third-order valence-electron chi connectivity index (χ3n) is 2.48. The molecule has 0 spiro atoms. The molecule has 0 aromatic carbocycles. The van der Waals surface area contributed by atoms with Gasteiger partial charge in [0.15, 0.2) is 0 Å². The minimum Gasteiger partial charge on any atom is -0.294 e. The van der Waals surface area contributed by atoms with E-state index in [-0.39, 0.29) is 5.91 Å². The van der Waals surface area contributed by atoms with Gasteiger partial charge >= 0.3 is 0 Å². The van der Waals surface area contributed by atoms with E-state index in [2.05, 4.69) is 25.9 Å². The van der Waals surface area contributed by atoms with Crippen LogP contribution in [-0.2, 0) is 0 Å². The number of aromatic nitrogens is 2. The molecule has 6 heteroatoms. The molecule has 0 fully saturated rings. The average molecular weight is 317 g/mol. The minimum atomic E-state index is -0.296. The number of carbonyl (C=O) groups is 1. The van der Waals surface area contributed by atoms with Crippen LogP contribution in [0.5, 0.6) is 0 Å². The van der Waals surface area contributed by atoms with Crippen molar-refractivity contribution >= 4 is 27.7 Å². The van der Waals surface area contributed by atoms with E-state index in [1.807, 2.05) is 6.07 Å². The Morgan fingerprint density at radius 2 is 2.16 bits per heavy atom. The number of nitriles is 1. The molecule has 0 aliphatic heterocycles. The predicted molar refractivity (Wildman–Crippen MR) is 73.6 cm³/mol. The number of nitrogens with zero attached hydrogens (tertiary/aromatic N) is 4. The van der Waals surface area contributed by atoms with E-state index < -0.39 is 0 Å². The number of amides is 1. The van der Waals surface area contributed by atoms with Gasteiger partial charge < -0.3 is 0 Å². The van der Waals surface area contributed by atoms with Crippen LogP contribution in [0.4, 0.5) is 5.82 Å². The van der Waals surface area contributed by atoms with Gasteiger partial charge in [-0.05, 0) is 40.2 Å². The first-order valence-electron chi connectivity index (χ1n) is 5.38. The maximum Gasteiger partial charge on any atom is 0.278 e. The number of pyridine rings is 2. The van der Waals surface area contributed by atoms with Crippen LogP contribution >= 0.6 is 15.9 Å². The molecule has 0 aliphatic rings. The Morgan fingerprint density at radius 1 is 1.37 bits per heavy atom. The van der Waals surface area contributed by atoms with Crippen LogP contribution in [0.2, 0.25) is 0 Å². The highest BCUT2D eigenvalue weighted by Gasteiger charge is 2.18. The third-order valence-corrected chi connectivity index (χ3v) is 3.12. The van der Waals surface area contributed by atoms with E-state index in [1.165, 1.54) is 11.1 Å². The number of halogens is 1.